The second-order valence-electron chi connectivity index (χ2n) is 5.71. The van der Waals surface area contributed by atoms with Crippen molar-refractivity contribution in [3.05, 3.63) is 10.1 Å². The summed E-state index contributed by atoms with van der Waals surface area (Å²) in [6.45, 7) is 4.63. The van der Waals surface area contributed by atoms with Crippen molar-refractivity contribution in [2.24, 2.45) is 10.9 Å². The van der Waals surface area contributed by atoms with Gasteiger partial charge in [0.25, 0.3) is 0 Å². The lowest BCUT2D eigenvalue weighted by atomic mass is 9.83. The first-order valence-corrected chi connectivity index (χ1v) is 6.33. The van der Waals surface area contributed by atoms with Crippen LogP contribution in [0.2, 0.25) is 0 Å². The Morgan fingerprint density at radius 1 is 1.47 bits per heavy atom. The molecule has 2 atom stereocenters. The molecule has 1 aliphatic heterocycles. The van der Waals surface area contributed by atoms with Crippen LogP contribution in [-0.4, -0.2) is 29.0 Å². The van der Waals surface area contributed by atoms with E-state index in [-0.39, 0.29) is 16.4 Å². The number of hydrogen-bond acceptors (Lipinski definition) is 4. The standard InChI is InChI=1S/C12H20N2O3/c1-12(2)8-17-11(13-12)7-9-5-3-4-6-10(9)14(15)16/h9-10H,3-8H2,1-2H3. The fraction of sp³-hybridized carbons (Fsp3) is 0.917. The largest absolute Gasteiger partial charge is 0.478 e. The number of nitro groups is 1. The van der Waals surface area contributed by atoms with Gasteiger partial charge in [-0.25, -0.2) is 4.99 Å². The summed E-state index contributed by atoms with van der Waals surface area (Å²) in [5.74, 6) is 0.820. The molecule has 0 aromatic heterocycles. The summed E-state index contributed by atoms with van der Waals surface area (Å²) in [7, 11) is 0. The second kappa shape index (κ2) is 4.63. The monoisotopic (exact) mass is 240 g/mol. The fourth-order valence-electron chi connectivity index (χ4n) is 2.69. The van der Waals surface area contributed by atoms with Crippen molar-refractivity contribution in [3.8, 4) is 0 Å². The fourth-order valence-corrected chi connectivity index (χ4v) is 2.69. The number of aliphatic imine (C=N–C) groups is 1. The van der Waals surface area contributed by atoms with Crippen molar-refractivity contribution >= 4 is 5.90 Å². The average molecular weight is 240 g/mol. The molecule has 1 heterocycles. The normalized spacial score (nSPS) is 31.8. The first kappa shape index (κ1) is 12.3. The van der Waals surface area contributed by atoms with E-state index >= 15 is 0 Å². The third kappa shape index (κ3) is 2.96. The Labute approximate surface area is 101 Å². The van der Waals surface area contributed by atoms with Gasteiger partial charge in [0.1, 0.15) is 6.61 Å². The van der Waals surface area contributed by atoms with Crippen LogP contribution < -0.4 is 0 Å². The van der Waals surface area contributed by atoms with Crippen molar-refractivity contribution in [2.75, 3.05) is 6.61 Å². The van der Waals surface area contributed by atoms with Gasteiger partial charge in [-0.05, 0) is 26.7 Å². The molecule has 0 aromatic rings. The van der Waals surface area contributed by atoms with Gasteiger partial charge in [0.2, 0.25) is 6.04 Å². The zero-order valence-corrected chi connectivity index (χ0v) is 10.5. The Morgan fingerprint density at radius 3 is 2.76 bits per heavy atom. The molecule has 1 aliphatic carbocycles. The number of nitrogens with zero attached hydrogens (tertiary/aromatic N) is 2. The zero-order chi connectivity index (χ0) is 12.5. The summed E-state index contributed by atoms with van der Waals surface area (Å²) in [6, 6.07) is -0.404. The van der Waals surface area contributed by atoms with E-state index in [1.165, 1.54) is 0 Å². The maximum Gasteiger partial charge on any atom is 0.216 e. The van der Waals surface area contributed by atoms with Crippen molar-refractivity contribution in [1.29, 1.82) is 0 Å². The molecule has 0 N–H and O–H groups in total. The van der Waals surface area contributed by atoms with Crippen LogP contribution in [-0.2, 0) is 4.74 Å². The van der Waals surface area contributed by atoms with Crippen LogP contribution >= 0.6 is 0 Å². The van der Waals surface area contributed by atoms with Gasteiger partial charge >= 0.3 is 0 Å². The third-order valence-electron chi connectivity index (χ3n) is 3.60. The summed E-state index contributed by atoms with van der Waals surface area (Å²) in [5, 5.41) is 11.0. The van der Waals surface area contributed by atoms with Crippen molar-refractivity contribution in [2.45, 2.75) is 57.5 Å². The Kier molecular flexibility index (Phi) is 3.35. The maximum absolute atomic E-state index is 11.0. The predicted molar refractivity (Wildman–Crippen MR) is 64.8 cm³/mol. The minimum atomic E-state index is -0.404. The Morgan fingerprint density at radius 2 is 2.18 bits per heavy atom. The number of rotatable bonds is 3. The van der Waals surface area contributed by atoms with Gasteiger partial charge in [-0.15, -0.1) is 0 Å². The van der Waals surface area contributed by atoms with Crippen molar-refractivity contribution in [1.82, 2.24) is 0 Å². The van der Waals surface area contributed by atoms with Gasteiger partial charge in [0, 0.05) is 23.7 Å². The van der Waals surface area contributed by atoms with Crippen LogP contribution in [0.25, 0.3) is 0 Å². The summed E-state index contributed by atoms with van der Waals surface area (Å²) < 4.78 is 5.53. The molecule has 0 bridgehead atoms. The quantitative estimate of drug-likeness (QED) is 0.562. The second-order valence-corrected chi connectivity index (χ2v) is 5.71. The van der Waals surface area contributed by atoms with E-state index in [0.717, 1.165) is 19.3 Å². The summed E-state index contributed by atoms with van der Waals surface area (Å²) in [6.07, 6.45) is 4.32. The molecule has 0 spiro atoms. The summed E-state index contributed by atoms with van der Waals surface area (Å²) in [5.41, 5.74) is -0.159. The van der Waals surface area contributed by atoms with E-state index in [1.807, 2.05) is 13.8 Å². The molecule has 5 nitrogen and oxygen atoms in total. The van der Waals surface area contributed by atoms with Crippen LogP contribution in [0.4, 0.5) is 0 Å². The van der Waals surface area contributed by atoms with Crippen LogP contribution in [0.3, 0.4) is 0 Å². The molecular formula is C12H20N2O3. The first-order valence-electron chi connectivity index (χ1n) is 6.33. The molecule has 2 rings (SSSR count). The van der Waals surface area contributed by atoms with Crippen molar-refractivity contribution < 1.29 is 9.66 Å². The highest BCUT2D eigenvalue weighted by atomic mass is 16.6. The molecule has 0 saturated heterocycles. The average Bonchev–Trinajstić information content (AvgIpc) is 2.58. The molecule has 96 valence electrons. The molecule has 1 saturated carbocycles. The number of hydrogen-bond donors (Lipinski definition) is 0. The Balaban J connectivity index is 1.99. The van der Waals surface area contributed by atoms with E-state index in [2.05, 4.69) is 4.99 Å². The van der Waals surface area contributed by atoms with Gasteiger partial charge in [0.05, 0.1) is 5.54 Å². The molecular weight excluding hydrogens is 220 g/mol. The highest BCUT2D eigenvalue weighted by molar-refractivity contribution is 5.78. The van der Waals surface area contributed by atoms with Gasteiger partial charge in [-0.1, -0.05) is 6.42 Å². The molecule has 1 fully saturated rings. The maximum atomic E-state index is 11.0. The van der Waals surface area contributed by atoms with Gasteiger partial charge in [-0.2, -0.15) is 0 Å². The summed E-state index contributed by atoms with van der Waals surface area (Å²) >= 11 is 0. The highest BCUT2D eigenvalue weighted by Gasteiger charge is 2.37. The summed E-state index contributed by atoms with van der Waals surface area (Å²) in [4.78, 5) is 15.4. The first-order chi connectivity index (χ1) is 7.98. The van der Waals surface area contributed by atoms with E-state index in [0.29, 0.717) is 25.3 Å². The van der Waals surface area contributed by atoms with E-state index in [1.54, 1.807) is 0 Å². The highest BCUT2D eigenvalue weighted by Crippen LogP contribution is 2.31. The van der Waals surface area contributed by atoms with E-state index in [4.69, 9.17) is 4.74 Å². The lowest BCUT2D eigenvalue weighted by Crippen LogP contribution is -2.33. The number of ether oxygens (including phenoxy) is 1. The van der Waals surface area contributed by atoms with Crippen LogP contribution in [0.15, 0.2) is 4.99 Å². The van der Waals surface area contributed by atoms with Gasteiger partial charge in [0.15, 0.2) is 5.90 Å². The molecule has 17 heavy (non-hydrogen) atoms. The SMILES string of the molecule is CC1(C)COC(CC2CCCCC2[N+](=O)[O-])=N1. The van der Waals surface area contributed by atoms with Crippen LogP contribution in [0.5, 0.6) is 0 Å². The minimum absolute atomic E-state index is 0.103. The molecule has 2 unspecified atom stereocenters. The smallest absolute Gasteiger partial charge is 0.216 e. The van der Waals surface area contributed by atoms with Crippen LogP contribution in [0, 0.1) is 16.0 Å². The van der Waals surface area contributed by atoms with Gasteiger partial charge in [-0.3, -0.25) is 10.1 Å². The lowest BCUT2D eigenvalue weighted by Gasteiger charge is -2.24. The molecule has 0 amide bonds. The molecule has 2 aliphatic rings. The molecule has 5 heteroatoms. The Bertz CT molecular complexity index is 339. The minimum Gasteiger partial charge on any atom is -0.478 e. The predicted octanol–water partition coefficient (Wildman–Crippen LogP) is 2.42. The lowest BCUT2D eigenvalue weighted by molar-refractivity contribution is -0.535. The van der Waals surface area contributed by atoms with E-state index in [9.17, 15) is 10.1 Å². The molecule has 0 aromatic carbocycles. The topological polar surface area (TPSA) is 64.7 Å². The van der Waals surface area contributed by atoms with Crippen LogP contribution in [0.1, 0.15) is 46.0 Å². The Hall–Kier alpha value is -1.13. The third-order valence-corrected chi connectivity index (χ3v) is 3.60. The van der Waals surface area contributed by atoms with Crippen molar-refractivity contribution in [3.63, 3.8) is 0 Å². The molecule has 0 radical (unpaired) electrons. The van der Waals surface area contributed by atoms with E-state index < -0.39 is 6.04 Å². The van der Waals surface area contributed by atoms with Gasteiger partial charge < -0.3 is 4.74 Å². The zero-order valence-electron chi connectivity index (χ0n) is 10.5.